The minimum atomic E-state index is -0.815. The maximum atomic E-state index is 11.9. The van der Waals surface area contributed by atoms with Crippen LogP contribution in [0.2, 0.25) is 0 Å². The molecule has 2 unspecified atom stereocenters. The van der Waals surface area contributed by atoms with Crippen LogP contribution in [-0.2, 0) is 24.9 Å². The van der Waals surface area contributed by atoms with Crippen LogP contribution in [0.3, 0.4) is 0 Å². The normalized spacial score (nSPS) is 20.3. The number of phenols is 1. The second-order valence-corrected chi connectivity index (χ2v) is 12.9. The van der Waals surface area contributed by atoms with E-state index in [1.807, 2.05) is 74.9 Å². The van der Waals surface area contributed by atoms with Crippen molar-refractivity contribution in [2.45, 2.75) is 58.0 Å². The van der Waals surface area contributed by atoms with Gasteiger partial charge in [0.25, 0.3) is 5.24 Å². The van der Waals surface area contributed by atoms with Crippen molar-refractivity contribution in [1.29, 1.82) is 0 Å². The van der Waals surface area contributed by atoms with E-state index in [-0.39, 0.29) is 30.1 Å². The number of imidazole rings is 1. The molecule has 0 saturated carbocycles. The number of amides is 2. The van der Waals surface area contributed by atoms with E-state index in [0.717, 1.165) is 45.3 Å². The number of nitrogens with one attached hydrogen (secondary N) is 1. The Labute approximate surface area is 264 Å². The minimum Gasteiger partial charge on any atom is -0.507 e. The lowest BCUT2D eigenvalue weighted by Crippen LogP contribution is -2.45. The predicted molar refractivity (Wildman–Crippen MR) is 170 cm³/mol. The lowest BCUT2D eigenvalue weighted by molar-refractivity contribution is -0.118. The predicted octanol–water partition coefficient (Wildman–Crippen LogP) is 5.48. The van der Waals surface area contributed by atoms with Gasteiger partial charge in [0, 0.05) is 30.7 Å². The highest BCUT2D eigenvalue weighted by atomic mass is 32.2. The Morgan fingerprint density at radius 3 is 2.51 bits per heavy atom. The van der Waals surface area contributed by atoms with Crippen molar-refractivity contribution in [1.82, 2.24) is 14.9 Å². The Bertz CT molecular complexity index is 1870. The van der Waals surface area contributed by atoms with Gasteiger partial charge in [-0.2, -0.15) is 0 Å². The van der Waals surface area contributed by atoms with Crippen LogP contribution in [-0.4, -0.2) is 54.2 Å². The number of imide groups is 1. The number of oxime groups is 1. The van der Waals surface area contributed by atoms with E-state index in [2.05, 4.69) is 10.5 Å². The van der Waals surface area contributed by atoms with Crippen LogP contribution in [0.4, 0.5) is 4.79 Å². The summed E-state index contributed by atoms with van der Waals surface area (Å²) in [6, 6.07) is 13.1. The average Bonchev–Trinajstić information content (AvgIpc) is 3.52. The summed E-state index contributed by atoms with van der Waals surface area (Å²) in [4.78, 5) is 28.0. The summed E-state index contributed by atoms with van der Waals surface area (Å²) >= 11 is 1.02. The summed E-state index contributed by atoms with van der Waals surface area (Å²) in [7, 11) is 1.92. The largest absolute Gasteiger partial charge is 0.507 e. The summed E-state index contributed by atoms with van der Waals surface area (Å²) in [5, 5.41) is 25.6. The maximum absolute atomic E-state index is 11.9. The molecule has 2 aliphatic heterocycles. The Morgan fingerprint density at radius 2 is 1.82 bits per heavy atom. The average molecular weight is 631 g/mol. The number of thioether (sulfide) groups is 1. The zero-order valence-corrected chi connectivity index (χ0v) is 26.4. The van der Waals surface area contributed by atoms with Crippen molar-refractivity contribution in [2.75, 3.05) is 6.61 Å². The molecule has 3 aromatic carbocycles. The van der Waals surface area contributed by atoms with Crippen LogP contribution >= 0.6 is 11.8 Å². The zero-order chi connectivity index (χ0) is 32.0. The van der Waals surface area contributed by atoms with Crippen molar-refractivity contribution in [2.24, 2.45) is 12.2 Å². The van der Waals surface area contributed by atoms with Gasteiger partial charge >= 0.3 is 0 Å². The van der Waals surface area contributed by atoms with Crippen molar-refractivity contribution >= 4 is 39.7 Å². The fourth-order valence-electron chi connectivity index (χ4n) is 5.76. The maximum Gasteiger partial charge on any atom is 0.286 e. The van der Waals surface area contributed by atoms with Gasteiger partial charge in [-0.1, -0.05) is 29.1 Å². The van der Waals surface area contributed by atoms with Crippen molar-refractivity contribution in [3.05, 3.63) is 76.1 Å². The number of fused-ring (bicyclic) bond motifs is 2. The first kappa shape index (κ1) is 30.3. The quantitative estimate of drug-likeness (QED) is 0.170. The highest BCUT2D eigenvalue weighted by Gasteiger charge is 2.39. The van der Waals surface area contributed by atoms with Gasteiger partial charge in [-0.25, -0.2) is 4.98 Å². The standard InChI is InChI=1S/C33H34N4O7S/c1-17-18(2)30-28(19(3)29(17)38)24(36-41)14-33(4,44-30)16-43-22-10-11-23-25(13-22)37(5)27(34-23)15-42-21-8-6-20(7-9-21)12-26-31(39)35-32(40)45-26/h6-11,13,26,38,41H,12,14-16H2,1-5H3,(H,35,39,40). The molecule has 2 amide bonds. The number of rotatable bonds is 8. The highest BCUT2D eigenvalue weighted by Crippen LogP contribution is 2.43. The number of benzene rings is 3. The molecule has 45 heavy (non-hydrogen) atoms. The van der Waals surface area contributed by atoms with Crippen LogP contribution in [0.1, 0.15) is 47.0 Å². The number of ether oxygens (including phenoxy) is 3. The molecule has 4 aromatic rings. The van der Waals surface area contributed by atoms with Gasteiger partial charge in [-0.05, 0) is 75.1 Å². The molecule has 12 heteroatoms. The summed E-state index contributed by atoms with van der Waals surface area (Å²) in [5.74, 6) is 2.54. The van der Waals surface area contributed by atoms with Crippen LogP contribution in [0.15, 0.2) is 47.6 Å². The van der Waals surface area contributed by atoms with Gasteiger partial charge < -0.3 is 29.1 Å². The Balaban J connectivity index is 1.12. The van der Waals surface area contributed by atoms with E-state index < -0.39 is 10.9 Å². The van der Waals surface area contributed by atoms with Crippen molar-refractivity contribution < 1.29 is 34.1 Å². The first-order chi connectivity index (χ1) is 21.5. The van der Waals surface area contributed by atoms with E-state index in [1.54, 1.807) is 6.92 Å². The molecule has 1 saturated heterocycles. The first-order valence-electron chi connectivity index (χ1n) is 14.5. The van der Waals surface area contributed by atoms with Crippen LogP contribution in [0, 0.1) is 20.8 Å². The molecule has 0 spiro atoms. The molecular weight excluding hydrogens is 596 g/mol. The number of nitrogens with zero attached hydrogens (tertiary/aromatic N) is 3. The van der Waals surface area contributed by atoms with E-state index in [1.165, 1.54) is 0 Å². The fraction of sp³-hybridized carbons (Fsp3) is 0.333. The highest BCUT2D eigenvalue weighted by molar-refractivity contribution is 8.15. The second-order valence-electron chi connectivity index (χ2n) is 11.7. The summed E-state index contributed by atoms with van der Waals surface area (Å²) in [6.45, 7) is 7.86. The van der Waals surface area contributed by atoms with Crippen molar-refractivity contribution in [3.8, 4) is 23.0 Å². The molecule has 2 aliphatic rings. The lowest BCUT2D eigenvalue weighted by Gasteiger charge is -2.37. The van der Waals surface area contributed by atoms with Gasteiger partial charge in [0.15, 0.2) is 0 Å². The van der Waals surface area contributed by atoms with Gasteiger partial charge in [0.1, 0.15) is 47.6 Å². The van der Waals surface area contributed by atoms with Gasteiger partial charge in [-0.15, -0.1) is 0 Å². The molecule has 0 bridgehead atoms. The molecule has 1 aromatic heterocycles. The molecular formula is C33H34N4O7S. The Morgan fingerprint density at radius 1 is 1.09 bits per heavy atom. The lowest BCUT2D eigenvalue weighted by atomic mass is 9.86. The van der Waals surface area contributed by atoms with Crippen molar-refractivity contribution in [3.63, 3.8) is 0 Å². The summed E-state index contributed by atoms with van der Waals surface area (Å²) < 4.78 is 20.6. The molecule has 1 fully saturated rings. The number of aromatic nitrogens is 2. The third-order valence-electron chi connectivity index (χ3n) is 8.48. The number of aryl methyl sites for hydroxylation is 1. The number of carbonyl (C=O) groups excluding carboxylic acids is 2. The smallest absolute Gasteiger partial charge is 0.286 e. The van der Waals surface area contributed by atoms with E-state index in [4.69, 9.17) is 19.2 Å². The number of aromatic hydroxyl groups is 1. The number of hydrogen-bond donors (Lipinski definition) is 3. The molecule has 3 N–H and O–H groups in total. The Kier molecular flexibility index (Phi) is 7.86. The zero-order valence-electron chi connectivity index (χ0n) is 25.6. The van der Waals surface area contributed by atoms with Crippen LogP contribution in [0.5, 0.6) is 23.0 Å². The number of carbonyl (C=O) groups is 2. The number of phenolic OH excluding ortho intramolecular Hbond substituents is 1. The monoisotopic (exact) mass is 630 g/mol. The van der Waals surface area contributed by atoms with Crippen LogP contribution < -0.4 is 19.5 Å². The molecule has 3 heterocycles. The molecule has 2 atom stereocenters. The third kappa shape index (κ3) is 5.77. The Hall–Kier alpha value is -4.71. The molecule has 6 rings (SSSR count). The molecule has 234 valence electrons. The van der Waals surface area contributed by atoms with E-state index in [9.17, 15) is 19.9 Å². The van der Waals surface area contributed by atoms with Crippen LogP contribution in [0.25, 0.3) is 11.0 Å². The van der Waals surface area contributed by atoms with E-state index in [0.29, 0.717) is 46.9 Å². The van der Waals surface area contributed by atoms with E-state index >= 15 is 0 Å². The second kappa shape index (κ2) is 11.7. The van der Waals surface area contributed by atoms with Gasteiger partial charge in [-0.3, -0.25) is 14.9 Å². The first-order valence-corrected chi connectivity index (χ1v) is 15.4. The topological polar surface area (TPSA) is 144 Å². The summed E-state index contributed by atoms with van der Waals surface area (Å²) in [5.41, 5.74) is 4.99. The van der Waals surface area contributed by atoms with Gasteiger partial charge in [0.05, 0.1) is 22.0 Å². The molecule has 0 aliphatic carbocycles. The number of hydrogen-bond acceptors (Lipinski definition) is 10. The molecule has 0 radical (unpaired) electrons. The minimum absolute atomic E-state index is 0.174. The van der Waals surface area contributed by atoms with Gasteiger partial charge in [0.2, 0.25) is 5.91 Å². The summed E-state index contributed by atoms with van der Waals surface area (Å²) in [6.07, 6.45) is 0.764. The SMILES string of the molecule is Cc1c(C)c2c(c(C)c1O)C(=NO)CC(C)(COc1ccc3nc(COc4ccc(CC5SC(=O)NC5=O)cc4)n(C)c3c1)O2. The third-order valence-corrected chi connectivity index (χ3v) is 9.46. The molecule has 11 nitrogen and oxygen atoms in total. The fourth-order valence-corrected chi connectivity index (χ4v) is 6.62.